The maximum atomic E-state index is 12.3. The van der Waals surface area contributed by atoms with E-state index in [2.05, 4.69) is 6.92 Å². The highest BCUT2D eigenvalue weighted by Crippen LogP contribution is 2.32. The first-order valence-corrected chi connectivity index (χ1v) is 8.91. The number of carbonyl (C=O) groups is 1. The van der Waals surface area contributed by atoms with Crippen molar-refractivity contribution in [2.24, 2.45) is 0 Å². The van der Waals surface area contributed by atoms with Crippen molar-refractivity contribution in [2.75, 3.05) is 7.11 Å². The van der Waals surface area contributed by atoms with Crippen LogP contribution in [0.15, 0.2) is 57.7 Å². The lowest BCUT2D eigenvalue weighted by molar-refractivity contribution is -0.149. The summed E-state index contributed by atoms with van der Waals surface area (Å²) in [4.78, 5) is 24.2. The highest BCUT2D eigenvalue weighted by Gasteiger charge is 2.25. The van der Waals surface area contributed by atoms with E-state index in [1.165, 1.54) is 13.2 Å². The number of benzene rings is 2. The summed E-state index contributed by atoms with van der Waals surface area (Å²) in [5.41, 5.74) is 2.40. The van der Waals surface area contributed by atoms with Crippen molar-refractivity contribution in [1.82, 2.24) is 0 Å². The van der Waals surface area contributed by atoms with Crippen LogP contribution < -0.4 is 10.4 Å². The number of methoxy groups -OCH3 is 1. The minimum Gasteiger partial charge on any atom is -0.474 e. The first-order chi connectivity index (χ1) is 13.0. The summed E-state index contributed by atoms with van der Waals surface area (Å²) < 4.78 is 16.3. The summed E-state index contributed by atoms with van der Waals surface area (Å²) in [7, 11) is 1.32. The van der Waals surface area contributed by atoms with Gasteiger partial charge in [-0.1, -0.05) is 43.7 Å². The van der Waals surface area contributed by atoms with Crippen LogP contribution >= 0.6 is 0 Å². The largest absolute Gasteiger partial charge is 0.474 e. The van der Waals surface area contributed by atoms with E-state index in [1.54, 1.807) is 18.2 Å². The predicted molar refractivity (Wildman–Crippen MR) is 103 cm³/mol. The number of ether oxygens (including phenoxy) is 2. The predicted octanol–water partition coefficient (Wildman–Crippen LogP) is 4.35. The van der Waals surface area contributed by atoms with Crippen molar-refractivity contribution in [3.05, 3.63) is 75.6 Å². The van der Waals surface area contributed by atoms with Crippen LogP contribution in [0.2, 0.25) is 0 Å². The Labute approximate surface area is 157 Å². The Balaban J connectivity index is 2.07. The van der Waals surface area contributed by atoms with Gasteiger partial charge in [-0.25, -0.2) is 9.59 Å². The van der Waals surface area contributed by atoms with Crippen LogP contribution in [-0.2, 0) is 16.0 Å². The first kappa shape index (κ1) is 18.7. The zero-order valence-corrected chi connectivity index (χ0v) is 15.7. The number of esters is 1. The molecule has 1 heterocycles. The molecular formula is C22H22O5. The molecule has 5 heteroatoms. The zero-order valence-electron chi connectivity index (χ0n) is 15.7. The molecule has 1 aromatic heterocycles. The zero-order chi connectivity index (χ0) is 19.4. The van der Waals surface area contributed by atoms with Gasteiger partial charge in [0.15, 0.2) is 0 Å². The fraction of sp³-hybridized carbons (Fsp3) is 0.273. The van der Waals surface area contributed by atoms with Crippen molar-refractivity contribution in [1.29, 1.82) is 0 Å². The van der Waals surface area contributed by atoms with Crippen LogP contribution in [-0.4, -0.2) is 13.1 Å². The van der Waals surface area contributed by atoms with Crippen molar-refractivity contribution >= 4 is 16.9 Å². The molecule has 0 spiro atoms. The van der Waals surface area contributed by atoms with E-state index in [0.29, 0.717) is 22.5 Å². The van der Waals surface area contributed by atoms with Crippen LogP contribution in [0, 0.1) is 6.92 Å². The van der Waals surface area contributed by atoms with Crippen LogP contribution in [0.5, 0.6) is 5.75 Å². The van der Waals surface area contributed by atoms with Gasteiger partial charge in [0.05, 0.1) is 7.11 Å². The lowest BCUT2D eigenvalue weighted by Crippen LogP contribution is -2.20. The Hall–Kier alpha value is -3.08. The number of aryl methyl sites for hydroxylation is 2. The second kappa shape index (κ2) is 8.08. The lowest BCUT2D eigenvalue weighted by atomic mass is 10.0. The number of carbonyl (C=O) groups excluding carboxylic acids is 1. The van der Waals surface area contributed by atoms with Gasteiger partial charge >= 0.3 is 11.6 Å². The van der Waals surface area contributed by atoms with Gasteiger partial charge in [-0.15, -0.1) is 0 Å². The van der Waals surface area contributed by atoms with Gasteiger partial charge in [-0.05, 0) is 31.0 Å². The van der Waals surface area contributed by atoms with Crippen molar-refractivity contribution in [3.8, 4) is 5.75 Å². The van der Waals surface area contributed by atoms with Crippen LogP contribution in [0.4, 0.5) is 0 Å². The maximum Gasteiger partial charge on any atom is 0.351 e. The molecule has 0 saturated carbocycles. The Morgan fingerprint density at radius 2 is 1.89 bits per heavy atom. The summed E-state index contributed by atoms with van der Waals surface area (Å²) in [6.45, 7) is 3.88. The smallest absolute Gasteiger partial charge is 0.351 e. The number of rotatable bonds is 6. The molecule has 0 aliphatic carbocycles. The monoisotopic (exact) mass is 366 g/mol. The summed E-state index contributed by atoms with van der Waals surface area (Å²) in [6, 6.07) is 14.3. The van der Waals surface area contributed by atoms with Crippen molar-refractivity contribution in [3.63, 3.8) is 0 Å². The van der Waals surface area contributed by atoms with Gasteiger partial charge in [-0.2, -0.15) is 0 Å². The standard InChI is InChI=1S/C22H22O5/c1-4-8-16-13-19(23)27-20-14(2)18(12-11-17(16)20)26-21(22(24)25-3)15-9-6-5-7-10-15/h5-7,9-13,21H,4,8H2,1-3H3/t21-/m1/s1. The van der Waals surface area contributed by atoms with E-state index in [4.69, 9.17) is 13.9 Å². The number of hydrogen-bond donors (Lipinski definition) is 0. The summed E-state index contributed by atoms with van der Waals surface area (Å²) in [5.74, 6) is -0.0274. The average Bonchev–Trinajstić information content (AvgIpc) is 2.68. The number of hydrogen-bond acceptors (Lipinski definition) is 5. The van der Waals surface area contributed by atoms with Crippen molar-refractivity contribution < 1.29 is 18.7 Å². The molecule has 0 aliphatic rings. The van der Waals surface area contributed by atoms with E-state index < -0.39 is 17.7 Å². The molecule has 0 bridgehead atoms. The fourth-order valence-electron chi connectivity index (χ4n) is 3.13. The molecular weight excluding hydrogens is 344 g/mol. The molecule has 3 aromatic rings. The minimum absolute atomic E-state index is 0.390. The summed E-state index contributed by atoms with van der Waals surface area (Å²) in [6.07, 6.45) is 0.808. The van der Waals surface area contributed by atoms with E-state index in [0.717, 1.165) is 23.8 Å². The lowest BCUT2D eigenvalue weighted by Gasteiger charge is -2.19. The van der Waals surface area contributed by atoms with E-state index >= 15 is 0 Å². The van der Waals surface area contributed by atoms with Crippen molar-refractivity contribution in [2.45, 2.75) is 32.8 Å². The van der Waals surface area contributed by atoms with Gasteiger partial charge in [0, 0.05) is 22.6 Å². The third kappa shape index (κ3) is 3.87. The Morgan fingerprint density at radius 3 is 2.56 bits per heavy atom. The molecule has 0 N–H and O–H groups in total. The molecule has 5 nitrogen and oxygen atoms in total. The average molecular weight is 366 g/mol. The van der Waals surface area contributed by atoms with Gasteiger partial charge in [0.1, 0.15) is 11.3 Å². The van der Waals surface area contributed by atoms with E-state index in [-0.39, 0.29) is 0 Å². The second-order valence-corrected chi connectivity index (χ2v) is 6.34. The molecule has 0 aliphatic heterocycles. The molecule has 2 aromatic carbocycles. The van der Waals surface area contributed by atoms with Gasteiger partial charge in [0.2, 0.25) is 6.10 Å². The highest BCUT2D eigenvalue weighted by molar-refractivity contribution is 5.85. The molecule has 0 fully saturated rings. The molecule has 0 saturated heterocycles. The summed E-state index contributed by atoms with van der Waals surface area (Å²) >= 11 is 0. The molecule has 3 rings (SSSR count). The second-order valence-electron chi connectivity index (χ2n) is 6.34. The third-order valence-corrected chi connectivity index (χ3v) is 4.48. The molecule has 27 heavy (non-hydrogen) atoms. The maximum absolute atomic E-state index is 12.3. The molecule has 1 atom stereocenters. The van der Waals surface area contributed by atoms with Gasteiger partial charge < -0.3 is 13.9 Å². The van der Waals surface area contributed by atoms with Crippen LogP contribution in [0.25, 0.3) is 11.0 Å². The SMILES string of the molecule is CCCc1cc(=O)oc2c(C)c(O[C@@H](C(=O)OC)c3ccccc3)ccc12. The highest BCUT2D eigenvalue weighted by atomic mass is 16.6. The Morgan fingerprint density at radius 1 is 1.15 bits per heavy atom. The third-order valence-electron chi connectivity index (χ3n) is 4.48. The van der Waals surface area contributed by atoms with E-state index in [1.807, 2.05) is 31.2 Å². The minimum atomic E-state index is -0.905. The first-order valence-electron chi connectivity index (χ1n) is 8.91. The Bertz CT molecular complexity index is 1000. The summed E-state index contributed by atoms with van der Waals surface area (Å²) in [5, 5.41) is 0.885. The van der Waals surface area contributed by atoms with Gasteiger partial charge in [-0.3, -0.25) is 0 Å². The topological polar surface area (TPSA) is 65.7 Å². The van der Waals surface area contributed by atoms with Crippen LogP contribution in [0.3, 0.4) is 0 Å². The number of fused-ring (bicyclic) bond motifs is 1. The fourth-order valence-corrected chi connectivity index (χ4v) is 3.13. The van der Waals surface area contributed by atoms with E-state index in [9.17, 15) is 9.59 Å². The quantitative estimate of drug-likeness (QED) is 0.479. The molecule has 140 valence electrons. The normalized spacial score (nSPS) is 12.0. The molecule has 0 amide bonds. The Kier molecular flexibility index (Phi) is 5.60. The van der Waals surface area contributed by atoms with Crippen LogP contribution in [0.1, 0.15) is 36.1 Å². The van der Waals surface area contributed by atoms with Gasteiger partial charge in [0.25, 0.3) is 0 Å². The molecule has 0 unspecified atom stereocenters. The molecule has 0 radical (unpaired) electrons.